The van der Waals surface area contributed by atoms with E-state index in [1.807, 2.05) is 0 Å². The summed E-state index contributed by atoms with van der Waals surface area (Å²) in [6, 6.07) is 0.894. The molecule has 0 aromatic carbocycles. The molecule has 0 amide bonds. The zero-order chi connectivity index (χ0) is 6.69. The highest BCUT2D eigenvalue weighted by molar-refractivity contribution is 6.16. The van der Waals surface area contributed by atoms with Crippen molar-refractivity contribution in [2.45, 2.75) is 32.4 Å². The molecule has 1 rings (SSSR count). The summed E-state index contributed by atoms with van der Waals surface area (Å²) in [4.78, 5) is 8.40. The van der Waals surface area contributed by atoms with Gasteiger partial charge in [0.15, 0.2) is 0 Å². The first-order valence-electron chi connectivity index (χ1n) is 3.34. The lowest BCUT2D eigenvalue weighted by Crippen LogP contribution is -2.05. The minimum absolute atomic E-state index is 0.447. The van der Waals surface area contributed by atoms with Crippen molar-refractivity contribution >= 4 is 12.4 Å². The van der Waals surface area contributed by atoms with Gasteiger partial charge in [-0.15, -0.1) is 0 Å². The van der Waals surface area contributed by atoms with Gasteiger partial charge in [-0.3, -0.25) is 9.98 Å². The van der Waals surface area contributed by atoms with E-state index in [-0.39, 0.29) is 0 Å². The van der Waals surface area contributed by atoms with Crippen molar-refractivity contribution in [3.05, 3.63) is 0 Å². The van der Waals surface area contributed by atoms with Gasteiger partial charge in [-0.05, 0) is 20.3 Å². The van der Waals surface area contributed by atoms with Crippen molar-refractivity contribution in [1.82, 2.24) is 0 Å². The molecule has 0 radical (unpaired) electrons. The minimum Gasteiger partial charge on any atom is -0.288 e. The third-order valence-corrected chi connectivity index (χ3v) is 1.43. The Morgan fingerprint density at radius 2 is 1.56 bits per heavy atom. The first-order valence-corrected chi connectivity index (χ1v) is 3.34. The molecular formula is C7H12N2. The summed E-state index contributed by atoms with van der Waals surface area (Å²) in [5, 5.41) is 0. The van der Waals surface area contributed by atoms with Gasteiger partial charge in [0.2, 0.25) is 0 Å². The topological polar surface area (TPSA) is 24.7 Å². The van der Waals surface area contributed by atoms with Crippen LogP contribution in [-0.2, 0) is 0 Å². The van der Waals surface area contributed by atoms with E-state index in [1.165, 1.54) is 0 Å². The predicted molar refractivity (Wildman–Crippen MR) is 40.5 cm³/mol. The molecule has 0 spiro atoms. The Balaban J connectivity index is 2.54. The number of aliphatic imine (C=N–C) groups is 2. The molecule has 0 fully saturated rings. The molecule has 1 heterocycles. The number of hydrogen-bond acceptors (Lipinski definition) is 2. The molecule has 0 aliphatic carbocycles. The number of nitrogens with zero attached hydrogens (tertiary/aromatic N) is 2. The Morgan fingerprint density at radius 3 is 2.00 bits per heavy atom. The third kappa shape index (κ3) is 1.96. The lowest BCUT2D eigenvalue weighted by molar-refractivity contribution is 0.591. The Hall–Kier alpha value is -0.660. The zero-order valence-electron chi connectivity index (χ0n) is 5.91. The van der Waals surface area contributed by atoms with E-state index >= 15 is 0 Å². The highest BCUT2D eigenvalue weighted by Crippen LogP contribution is 2.05. The summed E-state index contributed by atoms with van der Waals surface area (Å²) in [5.74, 6) is 0. The summed E-state index contributed by atoms with van der Waals surface area (Å²) >= 11 is 0. The molecule has 2 heteroatoms. The van der Waals surface area contributed by atoms with Crippen LogP contribution >= 0.6 is 0 Å². The van der Waals surface area contributed by atoms with Gasteiger partial charge in [-0.1, -0.05) is 0 Å². The number of hydrogen-bond donors (Lipinski definition) is 0. The second-order valence-electron chi connectivity index (χ2n) is 2.53. The maximum Gasteiger partial charge on any atom is 0.0492 e. The molecule has 50 valence electrons. The Morgan fingerprint density at radius 1 is 1.11 bits per heavy atom. The Labute approximate surface area is 55.7 Å². The van der Waals surface area contributed by atoms with Crippen LogP contribution in [0.3, 0.4) is 0 Å². The van der Waals surface area contributed by atoms with Gasteiger partial charge in [-0.25, -0.2) is 0 Å². The first-order chi connectivity index (χ1) is 4.29. The molecule has 0 saturated heterocycles. The molecule has 2 nitrogen and oxygen atoms in total. The molecule has 2 atom stereocenters. The predicted octanol–water partition coefficient (Wildman–Crippen LogP) is 1.31. The van der Waals surface area contributed by atoms with Crippen molar-refractivity contribution in [2.75, 3.05) is 0 Å². The van der Waals surface area contributed by atoms with E-state index < -0.39 is 0 Å². The summed E-state index contributed by atoms with van der Waals surface area (Å²) in [6.07, 6.45) is 4.65. The minimum atomic E-state index is 0.447. The van der Waals surface area contributed by atoms with Crippen LogP contribution < -0.4 is 0 Å². The van der Waals surface area contributed by atoms with Crippen LogP contribution in [0.1, 0.15) is 20.3 Å². The summed E-state index contributed by atoms with van der Waals surface area (Å²) in [5.41, 5.74) is 0. The molecule has 0 bridgehead atoms. The molecule has 0 aromatic heterocycles. The highest BCUT2D eigenvalue weighted by atomic mass is 14.8. The second-order valence-corrected chi connectivity index (χ2v) is 2.53. The maximum absolute atomic E-state index is 4.20. The van der Waals surface area contributed by atoms with E-state index in [1.54, 1.807) is 12.4 Å². The zero-order valence-corrected chi connectivity index (χ0v) is 5.91. The van der Waals surface area contributed by atoms with Crippen LogP contribution in [0.4, 0.5) is 0 Å². The molecule has 0 N–H and O–H groups in total. The van der Waals surface area contributed by atoms with E-state index in [4.69, 9.17) is 0 Å². The fourth-order valence-corrected chi connectivity index (χ4v) is 0.986. The molecule has 1 aliphatic rings. The summed E-state index contributed by atoms with van der Waals surface area (Å²) in [6.45, 7) is 4.23. The largest absolute Gasteiger partial charge is 0.288 e. The lowest BCUT2D eigenvalue weighted by Gasteiger charge is -2.05. The van der Waals surface area contributed by atoms with Crippen molar-refractivity contribution in [3.63, 3.8) is 0 Å². The molecule has 2 unspecified atom stereocenters. The molecule has 1 aliphatic heterocycles. The fourth-order valence-electron chi connectivity index (χ4n) is 0.986. The van der Waals surface area contributed by atoms with Gasteiger partial charge >= 0.3 is 0 Å². The third-order valence-electron chi connectivity index (χ3n) is 1.43. The summed E-state index contributed by atoms with van der Waals surface area (Å²) < 4.78 is 0. The van der Waals surface area contributed by atoms with E-state index in [0.29, 0.717) is 12.1 Å². The highest BCUT2D eigenvalue weighted by Gasteiger charge is 2.05. The van der Waals surface area contributed by atoms with Crippen LogP contribution in [0, 0.1) is 0 Å². The molecule has 0 saturated carbocycles. The SMILES string of the molecule is CC1CC(C)N=CC=N1. The quantitative estimate of drug-likeness (QED) is 0.465. The fraction of sp³-hybridized carbons (Fsp3) is 0.714. The second kappa shape index (κ2) is 2.76. The average molecular weight is 124 g/mol. The molecular weight excluding hydrogens is 112 g/mol. The average Bonchev–Trinajstić information content (AvgIpc) is 1.93. The standard InChI is InChI=1S/C7H12N2/c1-6-5-7(2)9-4-3-8-6/h3-4,6-7H,5H2,1-2H3. The maximum atomic E-state index is 4.20. The van der Waals surface area contributed by atoms with Gasteiger partial charge in [0.1, 0.15) is 0 Å². The van der Waals surface area contributed by atoms with E-state index in [2.05, 4.69) is 23.8 Å². The van der Waals surface area contributed by atoms with Crippen molar-refractivity contribution in [3.8, 4) is 0 Å². The monoisotopic (exact) mass is 124 g/mol. The van der Waals surface area contributed by atoms with Gasteiger partial charge in [0, 0.05) is 24.5 Å². The summed E-state index contributed by atoms with van der Waals surface area (Å²) in [7, 11) is 0. The molecule has 9 heavy (non-hydrogen) atoms. The normalized spacial score (nSPS) is 34.4. The van der Waals surface area contributed by atoms with Crippen LogP contribution in [0.2, 0.25) is 0 Å². The van der Waals surface area contributed by atoms with Crippen molar-refractivity contribution in [2.24, 2.45) is 9.98 Å². The van der Waals surface area contributed by atoms with Crippen molar-refractivity contribution < 1.29 is 0 Å². The van der Waals surface area contributed by atoms with Crippen LogP contribution in [0.15, 0.2) is 9.98 Å². The van der Waals surface area contributed by atoms with Gasteiger partial charge in [0.05, 0.1) is 0 Å². The van der Waals surface area contributed by atoms with Crippen molar-refractivity contribution in [1.29, 1.82) is 0 Å². The van der Waals surface area contributed by atoms with Gasteiger partial charge in [-0.2, -0.15) is 0 Å². The van der Waals surface area contributed by atoms with Crippen LogP contribution in [0.25, 0.3) is 0 Å². The Kier molecular flexibility index (Phi) is 1.98. The van der Waals surface area contributed by atoms with Crippen LogP contribution in [0.5, 0.6) is 0 Å². The molecule has 0 aromatic rings. The smallest absolute Gasteiger partial charge is 0.0492 e. The Bertz CT molecular complexity index is 122. The van der Waals surface area contributed by atoms with E-state index in [0.717, 1.165) is 6.42 Å². The van der Waals surface area contributed by atoms with Gasteiger partial charge < -0.3 is 0 Å². The van der Waals surface area contributed by atoms with Crippen LogP contribution in [-0.4, -0.2) is 24.5 Å². The lowest BCUT2D eigenvalue weighted by atomic mass is 10.1. The number of rotatable bonds is 0. The van der Waals surface area contributed by atoms with E-state index in [9.17, 15) is 0 Å². The van der Waals surface area contributed by atoms with Gasteiger partial charge in [0.25, 0.3) is 0 Å². The first kappa shape index (κ1) is 6.46.